The van der Waals surface area contributed by atoms with Crippen molar-refractivity contribution in [3.63, 3.8) is 0 Å². The predicted octanol–water partition coefficient (Wildman–Crippen LogP) is 2.15. The molecule has 1 saturated heterocycles. The lowest BCUT2D eigenvalue weighted by atomic mass is 10.3. The lowest BCUT2D eigenvalue weighted by Gasteiger charge is -2.08. The van der Waals surface area contributed by atoms with Crippen molar-refractivity contribution in [1.82, 2.24) is 0 Å². The van der Waals surface area contributed by atoms with E-state index in [1.807, 2.05) is 11.8 Å². The van der Waals surface area contributed by atoms with Crippen LogP contribution in [0.2, 0.25) is 0 Å². The van der Waals surface area contributed by atoms with Crippen LogP contribution in [0.5, 0.6) is 0 Å². The van der Waals surface area contributed by atoms with Gasteiger partial charge in [-0.05, 0) is 12.8 Å². The zero-order valence-electron chi connectivity index (χ0n) is 7.84. The van der Waals surface area contributed by atoms with Gasteiger partial charge in [0.1, 0.15) is 0 Å². The summed E-state index contributed by atoms with van der Waals surface area (Å²) in [5, 5.41) is 0. The monoisotopic (exact) mass is 224 g/mol. The molecule has 0 spiro atoms. The summed E-state index contributed by atoms with van der Waals surface area (Å²) < 4.78 is 10.8. The fraction of sp³-hybridized carbons (Fsp3) is 1.00. The van der Waals surface area contributed by atoms with E-state index in [1.165, 1.54) is 12.8 Å². The molecule has 1 rings (SSSR count). The van der Waals surface area contributed by atoms with E-state index in [0.29, 0.717) is 18.6 Å². The first-order valence-corrected chi connectivity index (χ1v) is 6.45. The summed E-state index contributed by atoms with van der Waals surface area (Å²) in [4.78, 5) is 0. The molecular formula is C9H17ClO2S. The van der Waals surface area contributed by atoms with Crippen LogP contribution in [-0.4, -0.2) is 43.3 Å². The van der Waals surface area contributed by atoms with Crippen molar-refractivity contribution in [2.45, 2.75) is 18.9 Å². The van der Waals surface area contributed by atoms with Crippen LogP contribution in [-0.2, 0) is 9.47 Å². The van der Waals surface area contributed by atoms with Crippen molar-refractivity contribution < 1.29 is 9.47 Å². The SMILES string of the molecule is ClCCOCCSCC1CCCO1. The van der Waals surface area contributed by atoms with Crippen molar-refractivity contribution in [3.8, 4) is 0 Å². The van der Waals surface area contributed by atoms with Crippen LogP contribution >= 0.6 is 23.4 Å². The van der Waals surface area contributed by atoms with E-state index < -0.39 is 0 Å². The summed E-state index contributed by atoms with van der Waals surface area (Å²) in [6, 6.07) is 0. The van der Waals surface area contributed by atoms with Gasteiger partial charge in [0, 0.05) is 24.0 Å². The minimum atomic E-state index is 0.498. The topological polar surface area (TPSA) is 18.5 Å². The maximum Gasteiger partial charge on any atom is 0.0666 e. The highest BCUT2D eigenvalue weighted by Gasteiger charge is 2.14. The van der Waals surface area contributed by atoms with Crippen LogP contribution in [0.15, 0.2) is 0 Å². The molecule has 2 nitrogen and oxygen atoms in total. The highest BCUT2D eigenvalue weighted by molar-refractivity contribution is 7.99. The zero-order valence-corrected chi connectivity index (χ0v) is 9.41. The second kappa shape index (κ2) is 7.92. The summed E-state index contributed by atoms with van der Waals surface area (Å²) in [6.07, 6.45) is 2.96. The molecule has 0 aliphatic carbocycles. The Kier molecular flexibility index (Phi) is 7.09. The molecule has 4 heteroatoms. The van der Waals surface area contributed by atoms with E-state index in [0.717, 1.165) is 24.7 Å². The number of halogens is 1. The Morgan fingerprint density at radius 2 is 2.38 bits per heavy atom. The molecular weight excluding hydrogens is 208 g/mol. The van der Waals surface area contributed by atoms with Crippen LogP contribution in [0.3, 0.4) is 0 Å². The Bertz CT molecular complexity index is 118. The van der Waals surface area contributed by atoms with Crippen LogP contribution in [0, 0.1) is 0 Å². The minimum absolute atomic E-state index is 0.498. The van der Waals surface area contributed by atoms with Gasteiger partial charge in [0.15, 0.2) is 0 Å². The third-order valence-corrected chi connectivity index (χ3v) is 3.14. The van der Waals surface area contributed by atoms with Crippen LogP contribution in [0.25, 0.3) is 0 Å². The number of ether oxygens (including phenoxy) is 2. The van der Waals surface area contributed by atoms with Gasteiger partial charge in [-0.15, -0.1) is 11.6 Å². The number of rotatable bonds is 7. The fourth-order valence-corrected chi connectivity index (χ4v) is 2.30. The molecule has 1 unspecified atom stereocenters. The van der Waals surface area contributed by atoms with Crippen molar-refractivity contribution in [1.29, 1.82) is 0 Å². The van der Waals surface area contributed by atoms with Gasteiger partial charge in [-0.25, -0.2) is 0 Å². The maximum absolute atomic E-state index is 5.50. The van der Waals surface area contributed by atoms with E-state index in [-0.39, 0.29) is 0 Å². The highest BCUT2D eigenvalue weighted by atomic mass is 35.5. The van der Waals surface area contributed by atoms with Crippen LogP contribution in [0.1, 0.15) is 12.8 Å². The average Bonchev–Trinajstić information content (AvgIpc) is 2.63. The molecule has 0 amide bonds. The first kappa shape index (κ1) is 11.6. The Hall–Kier alpha value is 0.560. The molecule has 1 fully saturated rings. The smallest absolute Gasteiger partial charge is 0.0666 e. The molecule has 1 heterocycles. The quantitative estimate of drug-likeness (QED) is 0.488. The van der Waals surface area contributed by atoms with Crippen molar-refractivity contribution in [2.75, 3.05) is 37.2 Å². The van der Waals surface area contributed by atoms with Crippen molar-refractivity contribution >= 4 is 23.4 Å². The molecule has 0 saturated carbocycles. The van der Waals surface area contributed by atoms with Gasteiger partial charge < -0.3 is 9.47 Å². The standard InChI is InChI=1S/C9H17ClO2S/c10-3-5-11-6-7-13-8-9-2-1-4-12-9/h9H,1-8H2. The summed E-state index contributed by atoms with van der Waals surface area (Å²) in [7, 11) is 0. The summed E-state index contributed by atoms with van der Waals surface area (Å²) in [5.74, 6) is 2.76. The molecule has 1 aliphatic heterocycles. The predicted molar refractivity (Wildman–Crippen MR) is 57.8 cm³/mol. The summed E-state index contributed by atoms with van der Waals surface area (Å²) in [5.41, 5.74) is 0. The van der Waals surface area contributed by atoms with Gasteiger partial charge in [-0.1, -0.05) is 0 Å². The van der Waals surface area contributed by atoms with E-state index in [4.69, 9.17) is 21.1 Å². The molecule has 13 heavy (non-hydrogen) atoms. The van der Waals surface area contributed by atoms with Gasteiger partial charge in [-0.2, -0.15) is 11.8 Å². The van der Waals surface area contributed by atoms with Crippen molar-refractivity contribution in [3.05, 3.63) is 0 Å². The highest BCUT2D eigenvalue weighted by Crippen LogP contribution is 2.16. The van der Waals surface area contributed by atoms with E-state index in [1.54, 1.807) is 0 Å². The van der Waals surface area contributed by atoms with Crippen LogP contribution < -0.4 is 0 Å². The van der Waals surface area contributed by atoms with E-state index in [2.05, 4.69) is 0 Å². The van der Waals surface area contributed by atoms with Gasteiger partial charge in [0.2, 0.25) is 0 Å². The largest absolute Gasteiger partial charge is 0.379 e. The Morgan fingerprint density at radius 1 is 1.46 bits per heavy atom. The molecule has 0 aromatic heterocycles. The zero-order chi connectivity index (χ0) is 9.36. The van der Waals surface area contributed by atoms with Crippen molar-refractivity contribution in [2.24, 2.45) is 0 Å². The third kappa shape index (κ3) is 5.78. The molecule has 0 aromatic carbocycles. The number of thioether (sulfide) groups is 1. The number of hydrogen-bond acceptors (Lipinski definition) is 3. The second-order valence-electron chi connectivity index (χ2n) is 3.01. The van der Waals surface area contributed by atoms with E-state index >= 15 is 0 Å². The van der Waals surface area contributed by atoms with Gasteiger partial charge in [-0.3, -0.25) is 0 Å². The maximum atomic E-state index is 5.50. The summed E-state index contributed by atoms with van der Waals surface area (Å²) >= 11 is 7.37. The molecule has 0 radical (unpaired) electrons. The minimum Gasteiger partial charge on any atom is -0.379 e. The summed E-state index contributed by atoms with van der Waals surface area (Å²) in [6.45, 7) is 2.43. The Labute approximate surface area is 89.3 Å². The first-order chi connectivity index (χ1) is 6.43. The molecule has 78 valence electrons. The number of hydrogen-bond donors (Lipinski definition) is 0. The molecule has 1 aliphatic rings. The van der Waals surface area contributed by atoms with Gasteiger partial charge in [0.05, 0.1) is 19.3 Å². The van der Waals surface area contributed by atoms with Gasteiger partial charge in [0.25, 0.3) is 0 Å². The lowest BCUT2D eigenvalue weighted by molar-refractivity contribution is 0.128. The fourth-order valence-electron chi connectivity index (χ4n) is 1.27. The average molecular weight is 225 g/mol. The Morgan fingerprint density at radius 3 is 3.08 bits per heavy atom. The molecule has 0 N–H and O–H groups in total. The number of alkyl halides is 1. The third-order valence-electron chi connectivity index (χ3n) is 1.92. The van der Waals surface area contributed by atoms with E-state index in [9.17, 15) is 0 Å². The second-order valence-corrected chi connectivity index (χ2v) is 4.54. The van der Waals surface area contributed by atoms with Crippen LogP contribution in [0.4, 0.5) is 0 Å². The first-order valence-electron chi connectivity index (χ1n) is 4.76. The van der Waals surface area contributed by atoms with Gasteiger partial charge >= 0.3 is 0 Å². The molecule has 0 aromatic rings. The normalized spacial score (nSPS) is 22.4. The molecule has 1 atom stereocenters. The molecule has 0 bridgehead atoms. The lowest BCUT2D eigenvalue weighted by Crippen LogP contribution is -2.09. The Balaban J connectivity index is 1.78.